The van der Waals surface area contributed by atoms with Crippen molar-refractivity contribution in [2.75, 3.05) is 13.2 Å². The Balaban J connectivity index is 2.52. The van der Waals surface area contributed by atoms with E-state index in [9.17, 15) is 0 Å². The summed E-state index contributed by atoms with van der Waals surface area (Å²) in [6.07, 6.45) is 1.39. The van der Waals surface area contributed by atoms with E-state index in [-0.39, 0.29) is 6.10 Å². The number of aliphatic hydroxyl groups is 1. The number of hydrogen-bond acceptors (Lipinski definition) is 3. The molecule has 88 valence electrons. The fourth-order valence-electron chi connectivity index (χ4n) is 1.36. The van der Waals surface area contributed by atoms with Crippen LogP contribution in [0.2, 0.25) is 0 Å². The van der Waals surface area contributed by atoms with Crippen molar-refractivity contribution in [1.82, 2.24) is 5.32 Å². The first-order valence-corrected chi connectivity index (χ1v) is 5.44. The summed E-state index contributed by atoms with van der Waals surface area (Å²) in [6.45, 7) is 7.15. The maximum Gasteiger partial charge on any atom is 0.124 e. The van der Waals surface area contributed by atoms with E-state index < -0.39 is 0 Å². The number of aliphatic hydroxyl groups excluding tert-OH is 1. The molecule has 0 bridgehead atoms. The summed E-state index contributed by atoms with van der Waals surface area (Å²) >= 11 is 0. The summed E-state index contributed by atoms with van der Waals surface area (Å²) in [6, 6.07) is 7.85. The zero-order chi connectivity index (χ0) is 11.8. The molecule has 1 unspecified atom stereocenters. The average Bonchev–Trinajstić information content (AvgIpc) is 2.27. The Morgan fingerprint density at radius 2 is 2.25 bits per heavy atom. The van der Waals surface area contributed by atoms with Crippen LogP contribution in [0.25, 0.3) is 0 Å². The molecule has 0 aliphatic carbocycles. The zero-order valence-corrected chi connectivity index (χ0v) is 9.65. The summed E-state index contributed by atoms with van der Waals surface area (Å²) in [7, 11) is 0. The molecule has 3 nitrogen and oxygen atoms in total. The molecule has 0 fully saturated rings. The van der Waals surface area contributed by atoms with Gasteiger partial charge in [-0.25, -0.2) is 0 Å². The Bertz CT molecular complexity index is 323. The molecule has 16 heavy (non-hydrogen) atoms. The van der Waals surface area contributed by atoms with Crippen molar-refractivity contribution in [2.45, 2.75) is 19.6 Å². The van der Waals surface area contributed by atoms with Crippen molar-refractivity contribution >= 4 is 0 Å². The van der Waals surface area contributed by atoms with Gasteiger partial charge in [-0.15, -0.1) is 0 Å². The predicted molar refractivity (Wildman–Crippen MR) is 65.5 cm³/mol. The molecule has 2 N–H and O–H groups in total. The SMILES string of the molecule is C=CCOc1ccccc1CNCC(C)O. The van der Waals surface area contributed by atoms with Gasteiger partial charge in [-0.2, -0.15) is 0 Å². The highest BCUT2D eigenvalue weighted by molar-refractivity contribution is 5.33. The normalized spacial score (nSPS) is 12.1. The Morgan fingerprint density at radius 1 is 1.50 bits per heavy atom. The first-order valence-electron chi connectivity index (χ1n) is 5.44. The first-order chi connectivity index (χ1) is 7.74. The summed E-state index contributed by atoms with van der Waals surface area (Å²) in [5, 5.41) is 12.3. The summed E-state index contributed by atoms with van der Waals surface area (Å²) in [4.78, 5) is 0. The van der Waals surface area contributed by atoms with Gasteiger partial charge in [0, 0.05) is 18.7 Å². The predicted octanol–water partition coefficient (Wildman–Crippen LogP) is 1.72. The van der Waals surface area contributed by atoms with E-state index in [1.54, 1.807) is 13.0 Å². The highest BCUT2D eigenvalue weighted by Gasteiger charge is 2.02. The maximum atomic E-state index is 9.13. The smallest absolute Gasteiger partial charge is 0.124 e. The molecule has 0 heterocycles. The van der Waals surface area contributed by atoms with Crippen LogP contribution in [0, 0.1) is 0 Å². The molecule has 0 radical (unpaired) electrons. The minimum Gasteiger partial charge on any atom is -0.489 e. The molecule has 1 aromatic rings. The quantitative estimate of drug-likeness (QED) is 0.689. The molecule has 0 spiro atoms. The van der Waals surface area contributed by atoms with Crippen molar-refractivity contribution in [3.8, 4) is 5.75 Å². The standard InChI is InChI=1S/C13H19NO2/c1-3-8-16-13-7-5-4-6-12(13)10-14-9-11(2)15/h3-7,11,14-15H,1,8-10H2,2H3. The lowest BCUT2D eigenvalue weighted by Crippen LogP contribution is -2.24. The van der Waals surface area contributed by atoms with E-state index in [0.29, 0.717) is 19.7 Å². The third-order valence-corrected chi connectivity index (χ3v) is 2.08. The topological polar surface area (TPSA) is 41.5 Å². The van der Waals surface area contributed by atoms with E-state index in [1.165, 1.54) is 0 Å². The number of rotatable bonds is 7. The van der Waals surface area contributed by atoms with Gasteiger partial charge in [-0.05, 0) is 13.0 Å². The lowest BCUT2D eigenvalue weighted by Gasteiger charge is -2.11. The Hall–Kier alpha value is -1.32. The highest BCUT2D eigenvalue weighted by atomic mass is 16.5. The van der Waals surface area contributed by atoms with Crippen LogP contribution in [0.3, 0.4) is 0 Å². The van der Waals surface area contributed by atoms with Crippen LogP contribution < -0.4 is 10.1 Å². The molecule has 0 amide bonds. The largest absolute Gasteiger partial charge is 0.489 e. The fourth-order valence-corrected chi connectivity index (χ4v) is 1.36. The van der Waals surface area contributed by atoms with Gasteiger partial charge < -0.3 is 15.2 Å². The van der Waals surface area contributed by atoms with Crippen molar-refractivity contribution < 1.29 is 9.84 Å². The minimum absolute atomic E-state index is 0.332. The van der Waals surface area contributed by atoms with Crippen molar-refractivity contribution in [2.24, 2.45) is 0 Å². The van der Waals surface area contributed by atoms with Crippen LogP contribution in [0.5, 0.6) is 5.75 Å². The first kappa shape index (κ1) is 12.7. The lowest BCUT2D eigenvalue weighted by molar-refractivity contribution is 0.190. The third kappa shape index (κ3) is 4.47. The van der Waals surface area contributed by atoms with Crippen molar-refractivity contribution in [3.63, 3.8) is 0 Å². The van der Waals surface area contributed by atoms with Gasteiger partial charge in [0.25, 0.3) is 0 Å². The maximum absolute atomic E-state index is 9.13. The van der Waals surface area contributed by atoms with Crippen LogP contribution >= 0.6 is 0 Å². The van der Waals surface area contributed by atoms with E-state index >= 15 is 0 Å². The lowest BCUT2D eigenvalue weighted by atomic mass is 10.2. The van der Waals surface area contributed by atoms with E-state index in [2.05, 4.69) is 11.9 Å². The monoisotopic (exact) mass is 221 g/mol. The van der Waals surface area contributed by atoms with Crippen molar-refractivity contribution in [3.05, 3.63) is 42.5 Å². The number of para-hydroxylation sites is 1. The van der Waals surface area contributed by atoms with Crippen LogP contribution in [0.1, 0.15) is 12.5 Å². The number of nitrogens with one attached hydrogen (secondary N) is 1. The summed E-state index contributed by atoms with van der Waals surface area (Å²) < 4.78 is 5.52. The van der Waals surface area contributed by atoms with Crippen molar-refractivity contribution in [1.29, 1.82) is 0 Å². The van der Waals surface area contributed by atoms with Crippen LogP contribution in [-0.4, -0.2) is 24.4 Å². The fraction of sp³-hybridized carbons (Fsp3) is 0.385. The molecule has 1 atom stereocenters. The molecular weight excluding hydrogens is 202 g/mol. The average molecular weight is 221 g/mol. The van der Waals surface area contributed by atoms with Gasteiger partial charge in [0.15, 0.2) is 0 Å². The molecule has 0 aliphatic heterocycles. The van der Waals surface area contributed by atoms with Gasteiger partial charge in [-0.3, -0.25) is 0 Å². The van der Waals surface area contributed by atoms with Gasteiger partial charge in [-0.1, -0.05) is 30.9 Å². The Labute approximate surface area is 96.8 Å². The van der Waals surface area contributed by atoms with E-state index in [1.807, 2.05) is 24.3 Å². The number of ether oxygens (including phenoxy) is 1. The highest BCUT2D eigenvalue weighted by Crippen LogP contribution is 2.17. The molecule has 1 aromatic carbocycles. The third-order valence-electron chi connectivity index (χ3n) is 2.08. The van der Waals surface area contributed by atoms with Gasteiger partial charge >= 0.3 is 0 Å². The minimum atomic E-state index is -0.332. The molecule has 0 saturated carbocycles. The summed E-state index contributed by atoms with van der Waals surface area (Å²) in [5.74, 6) is 0.862. The number of benzene rings is 1. The second kappa shape index (κ2) is 7.04. The Kier molecular flexibility index (Phi) is 5.61. The van der Waals surface area contributed by atoms with Crippen LogP contribution in [-0.2, 0) is 6.54 Å². The molecule has 3 heteroatoms. The molecule has 0 aromatic heterocycles. The second-order valence-electron chi connectivity index (χ2n) is 3.69. The van der Waals surface area contributed by atoms with E-state index in [4.69, 9.17) is 9.84 Å². The van der Waals surface area contributed by atoms with Crippen LogP contribution in [0.15, 0.2) is 36.9 Å². The van der Waals surface area contributed by atoms with Crippen LogP contribution in [0.4, 0.5) is 0 Å². The summed E-state index contributed by atoms with van der Waals surface area (Å²) in [5.41, 5.74) is 1.09. The van der Waals surface area contributed by atoms with Gasteiger partial charge in [0.1, 0.15) is 12.4 Å². The molecule has 0 aliphatic rings. The Morgan fingerprint density at radius 3 is 2.94 bits per heavy atom. The zero-order valence-electron chi connectivity index (χ0n) is 9.65. The van der Waals surface area contributed by atoms with Gasteiger partial charge in [0.05, 0.1) is 6.10 Å². The van der Waals surface area contributed by atoms with Gasteiger partial charge in [0.2, 0.25) is 0 Å². The molecule has 0 saturated heterocycles. The number of hydrogen-bond donors (Lipinski definition) is 2. The molecular formula is C13H19NO2. The van der Waals surface area contributed by atoms with E-state index in [0.717, 1.165) is 11.3 Å². The molecule has 1 rings (SSSR count). The second-order valence-corrected chi connectivity index (χ2v) is 3.69.